The fraction of sp³-hybridized carbons (Fsp3) is 0.0667. The van der Waals surface area contributed by atoms with Crippen LogP contribution in [0.3, 0.4) is 0 Å². The number of hydrogen-bond acceptors (Lipinski definition) is 3. The first kappa shape index (κ1) is 11.9. The van der Waals surface area contributed by atoms with E-state index in [-0.39, 0.29) is 0 Å². The topological polar surface area (TPSA) is 35.0 Å². The summed E-state index contributed by atoms with van der Waals surface area (Å²) in [5.74, 6) is 1.36. The maximum absolute atomic E-state index is 6.20. The molecule has 0 atom stereocenters. The van der Waals surface area contributed by atoms with Crippen molar-refractivity contribution in [2.24, 2.45) is 0 Å². The van der Waals surface area contributed by atoms with Crippen LogP contribution in [0.15, 0.2) is 48.9 Å². The summed E-state index contributed by atoms with van der Waals surface area (Å²) in [4.78, 5) is 8.14. The molecular formula is C15H11ClN2O. The molecule has 0 amide bonds. The van der Waals surface area contributed by atoms with Crippen molar-refractivity contribution in [2.45, 2.75) is 6.92 Å². The highest BCUT2D eigenvalue weighted by molar-refractivity contribution is 6.32. The number of aryl methyl sites for hydroxylation is 1. The van der Waals surface area contributed by atoms with E-state index in [2.05, 4.69) is 9.97 Å². The minimum Gasteiger partial charge on any atom is -0.456 e. The predicted molar refractivity (Wildman–Crippen MR) is 75.8 cm³/mol. The number of halogens is 1. The van der Waals surface area contributed by atoms with Crippen LogP contribution in [0.25, 0.3) is 10.9 Å². The van der Waals surface area contributed by atoms with Crippen LogP contribution >= 0.6 is 11.6 Å². The van der Waals surface area contributed by atoms with Crippen molar-refractivity contribution in [1.82, 2.24) is 9.97 Å². The van der Waals surface area contributed by atoms with Crippen LogP contribution in [0, 0.1) is 6.92 Å². The Labute approximate surface area is 115 Å². The first-order valence-corrected chi connectivity index (χ1v) is 6.24. The standard InChI is InChI=1S/C15H11ClN2O/c1-10-2-4-12(5-3-10)19-15-6-11-8-17-9-18-14(11)7-13(15)16/h2-9H,1H3. The van der Waals surface area contributed by atoms with Crippen molar-refractivity contribution < 1.29 is 4.74 Å². The molecule has 0 radical (unpaired) electrons. The zero-order chi connectivity index (χ0) is 13.2. The summed E-state index contributed by atoms with van der Waals surface area (Å²) in [6, 6.07) is 11.4. The molecular weight excluding hydrogens is 260 g/mol. The van der Waals surface area contributed by atoms with Gasteiger partial charge in [-0.1, -0.05) is 29.3 Å². The van der Waals surface area contributed by atoms with E-state index in [4.69, 9.17) is 16.3 Å². The smallest absolute Gasteiger partial charge is 0.146 e. The van der Waals surface area contributed by atoms with Gasteiger partial charge in [-0.15, -0.1) is 0 Å². The van der Waals surface area contributed by atoms with Gasteiger partial charge >= 0.3 is 0 Å². The van der Waals surface area contributed by atoms with Crippen molar-refractivity contribution >= 4 is 22.5 Å². The average molecular weight is 271 g/mol. The molecule has 3 nitrogen and oxygen atoms in total. The first-order valence-electron chi connectivity index (χ1n) is 5.86. The van der Waals surface area contributed by atoms with E-state index < -0.39 is 0 Å². The lowest BCUT2D eigenvalue weighted by Crippen LogP contribution is -1.88. The lowest BCUT2D eigenvalue weighted by molar-refractivity contribution is 0.483. The normalized spacial score (nSPS) is 10.6. The molecule has 0 bridgehead atoms. The molecule has 0 N–H and O–H groups in total. The summed E-state index contributed by atoms with van der Waals surface area (Å²) in [6.45, 7) is 2.03. The second-order valence-corrected chi connectivity index (χ2v) is 4.69. The summed E-state index contributed by atoms with van der Waals surface area (Å²) in [7, 11) is 0. The van der Waals surface area contributed by atoms with Gasteiger partial charge in [0.15, 0.2) is 0 Å². The molecule has 0 saturated carbocycles. The van der Waals surface area contributed by atoms with Gasteiger partial charge in [-0.3, -0.25) is 0 Å². The Kier molecular flexibility index (Phi) is 3.05. The van der Waals surface area contributed by atoms with Crippen molar-refractivity contribution in [1.29, 1.82) is 0 Å². The van der Waals surface area contributed by atoms with E-state index in [1.54, 1.807) is 12.3 Å². The largest absolute Gasteiger partial charge is 0.456 e. The van der Waals surface area contributed by atoms with Crippen LogP contribution < -0.4 is 4.74 Å². The van der Waals surface area contributed by atoms with Crippen molar-refractivity contribution in [3.05, 3.63) is 59.5 Å². The van der Waals surface area contributed by atoms with Gasteiger partial charge in [-0.05, 0) is 31.2 Å². The molecule has 0 spiro atoms. The van der Waals surface area contributed by atoms with Crippen molar-refractivity contribution in [2.75, 3.05) is 0 Å². The second-order valence-electron chi connectivity index (χ2n) is 4.28. The van der Waals surface area contributed by atoms with Gasteiger partial charge in [0.2, 0.25) is 0 Å². The summed E-state index contributed by atoms with van der Waals surface area (Å²) >= 11 is 6.20. The predicted octanol–water partition coefficient (Wildman–Crippen LogP) is 4.38. The van der Waals surface area contributed by atoms with Gasteiger partial charge in [-0.2, -0.15) is 0 Å². The highest BCUT2D eigenvalue weighted by Crippen LogP contribution is 2.32. The highest BCUT2D eigenvalue weighted by atomic mass is 35.5. The van der Waals surface area contributed by atoms with E-state index >= 15 is 0 Å². The minimum atomic E-state index is 0.534. The molecule has 1 heterocycles. The Morgan fingerprint density at radius 1 is 1.11 bits per heavy atom. The van der Waals surface area contributed by atoms with Gasteiger partial charge in [0.05, 0.1) is 10.5 Å². The fourth-order valence-corrected chi connectivity index (χ4v) is 1.99. The van der Waals surface area contributed by atoms with E-state index in [1.165, 1.54) is 11.9 Å². The zero-order valence-corrected chi connectivity index (χ0v) is 11.1. The SMILES string of the molecule is Cc1ccc(Oc2cc3cncnc3cc2Cl)cc1. The van der Waals surface area contributed by atoms with E-state index in [9.17, 15) is 0 Å². The fourth-order valence-electron chi connectivity index (χ4n) is 1.79. The molecule has 0 saturated heterocycles. The summed E-state index contributed by atoms with van der Waals surface area (Å²) in [6.07, 6.45) is 3.24. The Morgan fingerprint density at radius 2 is 1.89 bits per heavy atom. The molecule has 0 fully saturated rings. The molecule has 94 valence electrons. The average Bonchev–Trinajstić information content (AvgIpc) is 2.42. The Balaban J connectivity index is 2.00. The van der Waals surface area contributed by atoms with E-state index in [0.717, 1.165) is 16.7 Å². The third-order valence-corrected chi connectivity index (χ3v) is 3.10. The van der Waals surface area contributed by atoms with E-state index in [0.29, 0.717) is 10.8 Å². The monoisotopic (exact) mass is 270 g/mol. The Morgan fingerprint density at radius 3 is 2.68 bits per heavy atom. The molecule has 0 aliphatic heterocycles. The van der Waals surface area contributed by atoms with E-state index in [1.807, 2.05) is 37.3 Å². The van der Waals surface area contributed by atoms with Crippen LogP contribution in [-0.4, -0.2) is 9.97 Å². The maximum atomic E-state index is 6.20. The lowest BCUT2D eigenvalue weighted by Gasteiger charge is -2.08. The van der Waals surface area contributed by atoms with Gasteiger partial charge in [0.1, 0.15) is 17.8 Å². The molecule has 3 rings (SSSR count). The number of fused-ring (bicyclic) bond motifs is 1. The molecule has 4 heteroatoms. The Bertz CT molecular complexity index is 726. The number of ether oxygens (including phenoxy) is 1. The van der Waals surface area contributed by atoms with Crippen LogP contribution in [0.1, 0.15) is 5.56 Å². The Hall–Kier alpha value is -2.13. The van der Waals surface area contributed by atoms with Crippen LogP contribution in [0.2, 0.25) is 5.02 Å². The third kappa shape index (κ3) is 2.51. The van der Waals surface area contributed by atoms with Gasteiger partial charge in [-0.25, -0.2) is 9.97 Å². The summed E-state index contributed by atoms with van der Waals surface area (Å²) in [5.41, 5.74) is 1.99. The van der Waals surface area contributed by atoms with Gasteiger partial charge < -0.3 is 4.74 Å². The van der Waals surface area contributed by atoms with Crippen molar-refractivity contribution in [3.8, 4) is 11.5 Å². The molecule has 1 aromatic heterocycles. The molecule has 2 aromatic carbocycles. The zero-order valence-electron chi connectivity index (χ0n) is 10.3. The summed E-state index contributed by atoms with van der Waals surface area (Å²) in [5, 5.41) is 1.43. The van der Waals surface area contributed by atoms with Crippen LogP contribution in [0.4, 0.5) is 0 Å². The maximum Gasteiger partial charge on any atom is 0.146 e. The second kappa shape index (κ2) is 4.86. The number of rotatable bonds is 2. The summed E-state index contributed by atoms with van der Waals surface area (Å²) < 4.78 is 5.78. The minimum absolute atomic E-state index is 0.534. The molecule has 3 aromatic rings. The highest BCUT2D eigenvalue weighted by Gasteiger charge is 2.06. The molecule has 19 heavy (non-hydrogen) atoms. The van der Waals surface area contributed by atoms with Crippen LogP contribution in [-0.2, 0) is 0 Å². The first-order chi connectivity index (χ1) is 9.22. The number of benzene rings is 2. The number of aromatic nitrogens is 2. The number of hydrogen-bond donors (Lipinski definition) is 0. The molecule has 0 aliphatic rings. The van der Waals surface area contributed by atoms with Gasteiger partial charge in [0.25, 0.3) is 0 Å². The molecule has 0 aliphatic carbocycles. The molecule has 0 unspecified atom stereocenters. The quantitative estimate of drug-likeness (QED) is 0.693. The number of nitrogens with zero attached hydrogens (tertiary/aromatic N) is 2. The third-order valence-electron chi connectivity index (χ3n) is 2.81. The lowest BCUT2D eigenvalue weighted by atomic mass is 10.2. The van der Waals surface area contributed by atoms with Crippen LogP contribution in [0.5, 0.6) is 11.5 Å². The van der Waals surface area contributed by atoms with Crippen molar-refractivity contribution in [3.63, 3.8) is 0 Å². The van der Waals surface area contributed by atoms with Gasteiger partial charge in [0, 0.05) is 11.6 Å².